The van der Waals surface area contributed by atoms with Crippen LogP contribution in [0.5, 0.6) is 5.75 Å². The summed E-state index contributed by atoms with van der Waals surface area (Å²) in [5.41, 5.74) is 3.52. The van der Waals surface area contributed by atoms with Gasteiger partial charge in [0.05, 0.1) is 27.6 Å². The zero-order valence-electron chi connectivity index (χ0n) is 22.0. The number of anilines is 1. The summed E-state index contributed by atoms with van der Waals surface area (Å²) in [6.45, 7) is 11.0. The van der Waals surface area contributed by atoms with Crippen molar-refractivity contribution in [3.05, 3.63) is 40.2 Å². The zero-order valence-corrected chi connectivity index (χ0v) is 22.8. The minimum atomic E-state index is -0.636. The topological polar surface area (TPSA) is 115 Å². The highest BCUT2D eigenvalue weighted by atomic mass is 35.5. The zero-order chi connectivity index (χ0) is 26.5. The maximum Gasteiger partial charge on any atom is 0.163 e. The molecule has 36 heavy (non-hydrogen) atoms. The van der Waals surface area contributed by atoms with Crippen LogP contribution in [-0.2, 0) is 4.74 Å². The number of aliphatic hydroxyl groups excluding tert-OH is 1. The lowest BCUT2D eigenvalue weighted by Crippen LogP contribution is -2.29. The predicted molar refractivity (Wildman–Crippen MR) is 142 cm³/mol. The Balaban J connectivity index is 2.04. The highest BCUT2D eigenvalue weighted by Crippen LogP contribution is 2.36. The molecular weight excluding hydrogens is 482 g/mol. The van der Waals surface area contributed by atoms with Crippen LogP contribution in [0.4, 0.5) is 5.82 Å². The van der Waals surface area contributed by atoms with Gasteiger partial charge in [0.2, 0.25) is 0 Å². The van der Waals surface area contributed by atoms with Crippen LogP contribution in [0.15, 0.2) is 22.7 Å². The molecule has 0 bridgehead atoms. The molecule has 0 spiro atoms. The van der Waals surface area contributed by atoms with E-state index in [1.165, 1.54) is 0 Å². The van der Waals surface area contributed by atoms with Gasteiger partial charge in [0.15, 0.2) is 5.82 Å². The van der Waals surface area contributed by atoms with Crippen molar-refractivity contribution in [2.75, 3.05) is 39.2 Å². The van der Waals surface area contributed by atoms with Crippen molar-refractivity contribution in [2.24, 2.45) is 0 Å². The molecule has 3 rings (SSSR count). The summed E-state index contributed by atoms with van der Waals surface area (Å²) >= 11 is 6.60. The Morgan fingerprint density at radius 3 is 2.58 bits per heavy atom. The second kappa shape index (κ2) is 12.0. The van der Waals surface area contributed by atoms with Gasteiger partial charge in [0.25, 0.3) is 0 Å². The molecule has 2 heterocycles. The highest BCUT2D eigenvalue weighted by Gasteiger charge is 2.22. The van der Waals surface area contributed by atoms with Crippen LogP contribution in [-0.4, -0.2) is 65.8 Å². The first-order chi connectivity index (χ1) is 17.1. The Morgan fingerprint density at radius 1 is 1.19 bits per heavy atom. The van der Waals surface area contributed by atoms with E-state index in [9.17, 15) is 5.11 Å². The number of methoxy groups -OCH3 is 1. The van der Waals surface area contributed by atoms with Crippen molar-refractivity contribution >= 4 is 17.4 Å². The molecule has 0 saturated heterocycles. The Labute approximate surface area is 217 Å². The van der Waals surface area contributed by atoms with E-state index in [0.29, 0.717) is 46.8 Å². The largest absolute Gasteiger partial charge is 0.491 e. The van der Waals surface area contributed by atoms with E-state index >= 15 is 0 Å². The van der Waals surface area contributed by atoms with E-state index < -0.39 is 6.10 Å². The van der Waals surface area contributed by atoms with E-state index in [-0.39, 0.29) is 12.2 Å². The first kappa shape index (κ1) is 27.9. The molecule has 0 radical (unpaired) electrons. The van der Waals surface area contributed by atoms with Gasteiger partial charge < -0.3 is 29.7 Å². The third-order valence-electron chi connectivity index (χ3n) is 6.05. The molecule has 1 aromatic carbocycles. The molecule has 9 nitrogen and oxygen atoms in total. The number of nitrogens with one attached hydrogen (secondary N) is 2. The van der Waals surface area contributed by atoms with Crippen LogP contribution in [0.1, 0.15) is 37.3 Å². The third-order valence-corrected chi connectivity index (χ3v) is 6.38. The standard InChI is InChI=1S/C26H36ClN5O4/c1-15-23(22-16(2)32-36-17(22)3)30-25(31-24(15)29-11-10-26(4,5)34-7)20-12-19(8-9-21(20)27)35-14-18(33)13-28-6/h8-9,12,18,28,33H,10-11,13-14H2,1-7H3,(H,29,30,31)/t18-/m0/s1. The SMILES string of the molecule is CNC[C@H](O)COc1ccc(Cl)c(-c2nc(NCCC(C)(C)OC)c(C)c(-c3c(C)noc3C)n2)c1. The maximum absolute atomic E-state index is 10.00. The summed E-state index contributed by atoms with van der Waals surface area (Å²) in [5.74, 6) is 2.36. The fraction of sp³-hybridized carbons (Fsp3) is 0.500. The van der Waals surface area contributed by atoms with E-state index in [4.69, 9.17) is 35.6 Å². The number of rotatable bonds is 12. The minimum absolute atomic E-state index is 0.142. The molecule has 1 atom stereocenters. The molecule has 0 fully saturated rings. The molecule has 0 saturated carbocycles. The Morgan fingerprint density at radius 2 is 1.94 bits per heavy atom. The summed E-state index contributed by atoms with van der Waals surface area (Å²) in [6.07, 6.45) is 0.144. The highest BCUT2D eigenvalue weighted by molar-refractivity contribution is 6.33. The quantitative estimate of drug-likeness (QED) is 0.318. The Bertz CT molecular complexity index is 1160. The van der Waals surface area contributed by atoms with E-state index in [2.05, 4.69) is 15.8 Å². The summed E-state index contributed by atoms with van der Waals surface area (Å²) in [6, 6.07) is 5.28. The van der Waals surface area contributed by atoms with Crippen LogP contribution >= 0.6 is 11.6 Å². The molecule has 3 N–H and O–H groups in total. The average molecular weight is 518 g/mol. The van der Waals surface area contributed by atoms with Gasteiger partial charge in [-0.05, 0) is 66.3 Å². The van der Waals surface area contributed by atoms with E-state index in [0.717, 1.165) is 28.9 Å². The third kappa shape index (κ3) is 6.73. The molecule has 0 unspecified atom stereocenters. The number of ether oxygens (including phenoxy) is 2. The number of aryl methyl sites for hydroxylation is 2. The van der Waals surface area contributed by atoms with Gasteiger partial charge in [-0.15, -0.1) is 0 Å². The Kier molecular flexibility index (Phi) is 9.30. The average Bonchev–Trinajstić information content (AvgIpc) is 3.17. The van der Waals surface area contributed by atoms with Gasteiger partial charge in [-0.25, -0.2) is 9.97 Å². The fourth-order valence-electron chi connectivity index (χ4n) is 3.71. The second-order valence-corrected chi connectivity index (χ2v) is 9.78. The van der Waals surface area contributed by atoms with Crippen LogP contribution < -0.4 is 15.4 Å². The first-order valence-electron chi connectivity index (χ1n) is 11.9. The number of likely N-dealkylation sites (N-methyl/N-ethyl adjacent to an activating group) is 1. The molecule has 0 aliphatic heterocycles. The molecule has 2 aromatic heterocycles. The van der Waals surface area contributed by atoms with E-state index in [1.807, 2.05) is 34.6 Å². The van der Waals surface area contributed by atoms with Crippen LogP contribution in [0.3, 0.4) is 0 Å². The van der Waals surface area contributed by atoms with Crippen molar-refractivity contribution in [3.8, 4) is 28.4 Å². The van der Waals surface area contributed by atoms with Crippen molar-refractivity contribution in [2.45, 2.75) is 52.7 Å². The number of nitrogens with zero attached hydrogens (tertiary/aromatic N) is 3. The van der Waals surface area contributed by atoms with Crippen LogP contribution in [0, 0.1) is 20.8 Å². The second-order valence-electron chi connectivity index (χ2n) is 9.37. The van der Waals surface area contributed by atoms with Crippen molar-refractivity contribution in [3.63, 3.8) is 0 Å². The van der Waals surface area contributed by atoms with Gasteiger partial charge in [0, 0.05) is 31.3 Å². The summed E-state index contributed by atoms with van der Waals surface area (Å²) in [5, 5.41) is 21.0. The van der Waals surface area contributed by atoms with Gasteiger partial charge in [-0.1, -0.05) is 16.8 Å². The molecule has 0 aliphatic carbocycles. The van der Waals surface area contributed by atoms with Crippen LogP contribution in [0.25, 0.3) is 22.6 Å². The van der Waals surface area contributed by atoms with Crippen LogP contribution in [0.2, 0.25) is 5.02 Å². The lowest BCUT2D eigenvalue weighted by Gasteiger charge is -2.23. The molecular formula is C26H36ClN5O4. The van der Waals surface area contributed by atoms with Gasteiger partial charge in [-0.2, -0.15) is 0 Å². The van der Waals surface area contributed by atoms with E-state index in [1.54, 1.807) is 32.4 Å². The number of hydrogen-bond donors (Lipinski definition) is 3. The summed E-state index contributed by atoms with van der Waals surface area (Å²) in [4.78, 5) is 9.72. The monoisotopic (exact) mass is 517 g/mol. The smallest absolute Gasteiger partial charge is 0.163 e. The lowest BCUT2D eigenvalue weighted by molar-refractivity contribution is 0.0184. The number of aromatic nitrogens is 3. The number of halogens is 1. The number of benzene rings is 1. The predicted octanol–water partition coefficient (Wildman–Crippen LogP) is 4.56. The first-order valence-corrected chi connectivity index (χ1v) is 12.3. The fourth-order valence-corrected chi connectivity index (χ4v) is 3.91. The lowest BCUT2D eigenvalue weighted by atomic mass is 10.0. The van der Waals surface area contributed by atoms with Gasteiger partial charge in [-0.3, -0.25) is 0 Å². The molecule has 0 aliphatic rings. The molecule has 10 heteroatoms. The maximum atomic E-state index is 10.00. The van der Waals surface area contributed by atoms with Gasteiger partial charge >= 0.3 is 0 Å². The van der Waals surface area contributed by atoms with Gasteiger partial charge in [0.1, 0.15) is 30.0 Å². The normalized spacial score (nSPS) is 12.6. The van der Waals surface area contributed by atoms with Crippen molar-refractivity contribution in [1.82, 2.24) is 20.4 Å². The number of hydrogen-bond acceptors (Lipinski definition) is 9. The molecule has 3 aromatic rings. The minimum Gasteiger partial charge on any atom is -0.491 e. The van der Waals surface area contributed by atoms with Crippen molar-refractivity contribution in [1.29, 1.82) is 0 Å². The van der Waals surface area contributed by atoms with Crippen molar-refractivity contribution < 1.29 is 19.1 Å². The summed E-state index contributed by atoms with van der Waals surface area (Å²) < 4.78 is 16.8. The molecule has 0 amide bonds. The Hall–Kier alpha value is -2.72. The molecule has 196 valence electrons. The summed E-state index contributed by atoms with van der Waals surface area (Å²) in [7, 11) is 3.48. The number of aliphatic hydroxyl groups is 1.